The topological polar surface area (TPSA) is 104 Å². The highest BCUT2D eigenvalue weighted by Crippen LogP contribution is 2.46. The van der Waals surface area contributed by atoms with Crippen molar-refractivity contribution in [3.8, 4) is 0 Å². The van der Waals surface area contributed by atoms with Gasteiger partial charge in [-0.15, -0.1) is 0 Å². The predicted molar refractivity (Wildman–Crippen MR) is 147 cm³/mol. The third-order valence-corrected chi connectivity index (χ3v) is 9.65. The molecule has 1 aliphatic rings. The highest BCUT2D eigenvalue weighted by molar-refractivity contribution is 7.91. The van der Waals surface area contributed by atoms with Crippen LogP contribution in [0.3, 0.4) is 0 Å². The number of aryl methyl sites for hydroxylation is 1. The molecule has 1 amide bonds. The molecule has 4 rings (SSSR count). The molecule has 13 heteroatoms. The lowest BCUT2D eigenvalue weighted by atomic mass is 9.99. The molecule has 1 saturated carbocycles. The molecule has 1 aromatic heterocycles. The van der Waals surface area contributed by atoms with Gasteiger partial charge in [-0.1, -0.05) is 25.5 Å². The number of unbranched alkanes of at least 4 members (excludes halogenated alkanes) is 1. The molecule has 0 radical (unpaired) electrons. The van der Waals surface area contributed by atoms with Gasteiger partial charge < -0.3 is 10.6 Å². The number of H-pyrrole nitrogens is 1. The molecule has 1 unspecified atom stereocenters. The number of carbonyl (C=O) groups is 1. The third-order valence-electron chi connectivity index (χ3n) is 7.41. The maximum absolute atomic E-state index is 14.3. The van der Waals surface area contributed by atoms with E-state index in [0.29, 0.717) is 43.0 Å². The third kappa shape index (κ3) is 7.54. The number of hydrogen-bond acceptors (Lipinski definition) is 5. The van der Waals surface area contributed by atoms with Crippen LogP contribution in [-0.4, -0.2) is 42.9 Å². The van der Waals surface area contributed by atoms with Gasteiger partial charge in [0.25, 0.3) is 5.91 Å². The van der Waals surface area contributed by atoms with E-state index < -0.39 is 55.9 Å². The molecule has 3 aromatic rings. The average molecular weight is 613 g/mol. The molecule has 7 nitrogen and oxygen atoms in total. The van der Waals surface area contributed by atoms with Crippen molar-refractivity contribution in [2.75, 3.05) is 12.3 Å². The van der Waals surface area contributed by atoms with Crippen molar-refractivity contribution in [1.29, 1.82) is 0 Å². The second-order valence-electron chi connectivity index (χ2n) is 10.7. The number of aromatic amines is 1. The van der Waals surface area contributed by atoms with E-state index in [4.69, 9.17) is 0 Å². The number of benzene rings is 2. The summed E-state index contributed by atoms with van der Waals surface area (Å²) in [5, 5.41) is 11.0. The van der Waals surface area contributed by atoms with E-state index >= 15 is 0 Å². The zero-order valence-corrected chi connectivity index (χ0v) is 24.0. The van der Waals surface area contributed by atoms with Crippen molar-refractivity contribution in [3.63, 3.8) is 0 Å². The van der Waals surface area contributed by atoms with E-state index in [2.05, 4.69) is 20.8 Å². The molecular formula is C29H33F5N4O3S. The van der Waals surface area contributed by atoms with Gasteiger partial charge in [0.15, 0.2) is 9.84 Å². The summed E-state index contributed by atoms with van der Waals surface area (Å²) in [5.74, 6) is -2.89. The Morgan fingerprint density at radius 3 is 2.36 bits per heavy atom. The lowest BCUT2D eigenvalue weighted by Gasteiger charge is -2.29. The number of sulfone groups is 1. The maximum Gasteiger partial charge on any atom is 0.416 e. The highest BCUT2D eigenvalue weighted by Gasteiger charge is 2.45. The number of alkyl halides is 3. The lowest BCUT2D eigenvalue weighted by Crippen LogP contribution is -2.45. The zero-order chi connectivity index (χ0) is 30.7. The molecule has 1 heterocycles. The molecule has 0 saturated heterocycles. The van der Waals surface area contributed by atoms with Crippen LogP contribution in [0.2, 0.25) is 0 Å². The fraction of sp³-hybridized carbons (Fsp3) is 0.448. The van der Waals surface area contributed by atoms with Crippen LogP contribution in [0.4, 0.5) is 22.0 Å². The Bertz CT molecular complexity index is 1500. The van der Waals surface area contributed by atoms with Gasteiger partial charge in [-0.2, -0.15) is 18.3 Å². The Labute approximate surface area is 241 Å². The Morgan fingerprint density at radius 1 is 1.10 bits per heavy atom. The standard InChI is InChI=1S/C29H33F5N4O3S/c1-3-4-12-42(40,41)26(19-14-22(30)17-23(31)15-19)24(36-27(39)25-13-18(2)37-38-25)8-11-35-28(9-10-28)20-6-5-7-21(16-20)29(32,33)34/h5-7,13-17,24,26,35H,3-4,8-12H2,1-2H3,(H,36,39)(H,37,38)/t24-,26?/m0/s1. The molecule has 228 valence electrons. The summed E-state index contributed by atoms with van der Waals surface area (Å²) in [5.41, 5.74) is -0.618. The monoisotopic (exact) mass is 612 g/mol. The van der Waals surface area contributed by atoms with Crippen LogP contribution in [-0.2, 0) is 21.6 Å². The van der Waals surface area contributed by atoms with Crippen LogP contribution >= 0.6 is 0 Å². The van der Waals surface area contributed by atoms with Crippen molar-refractivity contribution >= 4 is 15.7 Å². The van der Waals surface area contributed by atoms with Gasteiger partial charge >= 0.3 is 6.18 Å². The van der Waals surface area contributed by atoms with Gasteiger partial charge in [-0.25, -0.2) is 17.2 Å². The van der Waals surface area contributed by atoms with Crippen molar-refractivity contribution in [2.24, 2.45) is 0 Å². The molecular weight excluding hydrogens is 579 g/mol. The second-order valence-corrected chi connectivity index (χ2v) is 13.0. The molecule has 0 aliphatic heterocycles. The van der Waals surface area contributed by atoms with Crippen LogP contribution in [0.25, 0.3) is 0 Å². The molecule has 42 heavy (non-hydrogen) atoms. The van der Waals surface area contributed by atoms with Crippen LogP contribution in [0.5, 0.6) is 0 Å². The number of amides is 1. The summed E-state index contributed by atoms with van der Waals surface area (Å²) in [6.07, 6.45) is -2.55. The largest absolute Gasteiger partial charge is 0.416 e. The highest BCUT2D eigenvalue weighted by atomic mass is 32.2. The Morgan fingerprint density at radius 2 is 1.79 bits per heavy atom. The first-order chi connectivity index (χ1) is 19.7. The van der Waals surface area contributed by atoms with Gasteiger partial charge in [0.2, 0.25) is 0 Å². The van der Waals surface area contributed by atoms with E-state index in [1.54, 1.807) is 19.9 Å². The van der Waals surface area contributed by atoms with Crippen LogP contribution < -0.4 is 10.6 Å². The smallest absolute Gasteiger partial charge is 0.346 e. The zero-order valence-electron chi connectivity index (χ0n) is 23.2. The Kier molecular flexibility index (Phi) is 9.41. The lowest BCUT2D eigenvalue weighted by molar-refractivity contribution is -0.137. The molecule has 2 aromatic carbocycles. The molecule has 2 atom stereocenters. The van der Waals surface area contributed by atoms with Crippen molar-refractivity contribution < 1.29 is 35.2 Å². The first-order valence-corrected chi connectivity index (χ1v) is 15.4. The summed E-state index contributed by atoms with van der Waals surface area (Å²) in [4.78, 5) is 13.1. The minimum Gasteiger partial charge on any atom is -0.346 e. The van der Waals surface area contributed by atoms with Gasteiger partial charge in [-0.3, -0.25) is 9.89 Å². The maximum atomic E-state index is 14.3. The fourth-order valence-corrected chi connectivity index (χ4v) is 7.33. The van der Waals surface area contributed by atoms with Gasteiger partial charge in [0.1, 0.15) is 22.6 Å². The van der Waals surface area contributed by atoms with Gasteiger partial charge in [0, 0.05) is 17.3 Å². The Balaban J connectivity index is 1.65. The first kappa shape index (κ1) is 31.6. The molecule has 0 spiro atoms. The molecule has 1 aliphatic carbocycles. The van der Waals surface area contributed by atoms with E-state index in [-0.39, 0.29) is 30.0 Å². The number of nitrogens with one attached hydrogen (secondary N) is 3. The summed E-state index contributed by atoms with van der Waals surface area (Å²) in [6, 6.07) is 7.85. The molecule has 3 N–H and O–H groups in total. The van der Waals surface area contributed by atoms with E-state index in [9.17, 15) is 35.2 Å². The summed E-state index contributed by atoms with van der Waals surface area (Å²) in [7, 11) is -4.05. The van der Waals surface area contributed by atoms with Crippen molar-refractivity contribution in [3.05, 3.63) is 88.2 Å². The number of rotatable bonds is 13. The predicted octanol–water partition coefficient (Wildman–Crippen LogP) is 5.74. The fourth-order valence-electron chi connectivity index (χ4n) is 5.13. The van der Waals surface area contributed by atoms with Crippen molar-refractivity contribution in [2.45, 2.75) is 69.0 Å². The van der Waals surface area contributed by atoms with E-state index in [1.165, 1.54) is 12.1 Å². The molecule has 0 bridgehead atoms. The molecule has 1 fully saturated rings. The number of aromatic nitrogens is 2. The van der Waals surface area contributed by atoms with E-state index in [0.717, 1.165) is 24.3 Å². The quantitative estimate of drug-likeness (QED) is 0.214. The number of halogens is 5. The number of hydrogen-bond donors (Lipinski definition) is 3. The van der Waals surface area contributed by atoms with Crippen LogP contribution in [0.15, 0.2) is 48.5 Å². The van der Waals surface area contributed by atoms with Gasteiger partial charge in [-0.05, 0) is 80.6 Å². The summed E-state index contributed by atoms with van der Waals surface area (Å²) < 4.78 is 95.9. The van der Waals surface area contributed by atoms with Crippen molar-refractivity contribution in [1.82, 2.24) is 20.8 Å². The summed E-state index contributed by atoms with van der Waals surface area (Å²) in [6.45, 7) is 3.58. The normalized spacial score (nSPS) is 16.2. The summed E-state index contributed by atoms with van der Waals surface area (Å²) >= 11 is 0. The Hall–Kier alpha value is -3.32. The second kappa shape index (κ2) is 12.5. The number of carbonyl (C=O) groups excluding carboxylic acids is 1. The average Bonchev–Trinajstić information content (AvgIpc) is 3.57. The first-order valence-electron chi connectivity index (χ1n) is 13.7. The van der Waals surface area contributed by atoms with Crippen LogP contribution in [0, 0.1) is 18.6 Å². The van der Waals surface area contributed by atoms with E-state index in [1.807, 2.05) is 0 Å². The van der Waals surface area contributed by atoms with Crippen LogP contribution in [0.1, 0.15) is 77.2 Å². The SMILES string of the molecule is CCCCS(=O)(=O)C(c1cc(F)cc(F)c1)[C@H](CCNC1(c2cccc(C(F)(F)F)c2)CC1)NC(=O)c1cc(C)[nH]n1. The van der Waals surface area contributed by atoms with Gasteiger partial charge in [0.05, 0.1) is 17.4 Å². The minimum atomic E-state index is -4.51. The number of nitrogens with zero attached hydrogens (tertiary/aromatic N) is 1. The minimum absolute atomic E-state index is 0.00298.